The van der Waals surface area contributed by atoms with Crippen molar-refractivity contribution < 1.29 is 9.84 Å². The van der Waals surface area contributed by atoms with Gasteiger partial charge in [-0.1, -0.05) is 24.3 Å². The average molecular weight is 214 g/mol. The molecule has 0 bridgehead atoms. The van der Waals surface area contributed by atoms with Crippen LogP contribution < -0.4 is 4.74 Å². The molecule has 1 heterocycles. The molecule has 0 fully saturated rings. The minimum absolute atomic E-state index is 0.123. The number of aliphatic hydroxyl groups excluding tert-OH is 1. The van der Waals surface area contributed by atoms with Crippen LogP contribution in [0.15, 0.2) is 18.7 Å². The summed E-state index contributed by atoms with van der Waals surface area (Å²) in [5, 5.41) is 9.15. The highest BCUT2D eigenvalue weighted by Gasteiger charge is 2.08. The summed E-state index contributed by atoms with van der Waals surface area (Å²) in [6, 6.07) is 1.74. The Morgan fingerprint density at radius 2 is 2.43 bits per heavy atom. The van der Waals surface area contributed by atoms with E-state index >= 15 is 0 Å². The highest BCUT2D eigenvalue weighted by atomic mass is 35.5. The summed E-state index contributed by atoms with van der Waals surface area (Å²) in [6.45, 7) is 5.66. The first-order valence-corrected chi connectivity index (χ1v) is 4.57. The molecule has 0 aliphatic rings. The van der Waals surface area contributed by atoms with Gasteiger partial charge in [0.25, 0.3) is 0 Å². The van der Waals surface area contributed by atoms with Gasteiger partial charge in [-0.3, -0.25) is 0 Å². The Morgan fingerprint density at radius 1 is 1.71 bits per heavy atom. The second kappa shape index (κ2) is 4.98. The summed E-state index contributed by atoms with van der Waals surface area (Å²) in [4.78, 5) is 3.96. The molecule has 0 aliphatic heterocycles. The van der Waals surface area contributed by atoms with Crippen molar-refractivity contribution in [1.29, 1.82) is 0 Å². The summed E-state index contributed by atoms with van der Waals surface area (Å²) in [7, 11) is 0. The predicted octanol–water partition coefficient (Wildman–Crippen LogP) is 2.10. The maximum absolute atomic E-state index is 8.88. The van der Waals surface area contributed by atoms with Gasteiger partial charge in [0, 0.05) is 0 Å². The molecule has 1 rings (SSSR count). The highest BCUT2D eigenvalue weighted by Crippen LogP contribution is 2.27. The molecule has 0 radical (unpaired) electrons. The van der Waals surface area contributed by atoms with E-state index in [0.717, 1.165) is 5.56 Å². The fourth-order valence-electron chi connectivity index (χ4n) is 1.08. The Kier molecular flexibility index (Phi) is 3.92. The van der Waals surface area contributed by atoms with Gasteiger partial charge in [0.2, 0.25) is 0 Å². The number of hydrogen-bond acceptors (Lipinski definition) is 3. The molecule has 0 aliphatic carbocycles. The molecule has 1 aromatic heterocycles. The molecule has 76 valence electrons. The average Bonchev–Trinajstić information content (AvgIpc) is 2.16. The van der Waals surface area contributed by atoms with E-state index in [0.29, 0.717) is 18.1 Å². The van der Waals surface area contributed by atoms with Gasteiger partial charge < -0.3 is 9.84 Å². The lowest BCUT2D eigenvalue weighted by Gasteiger charge is -2.09. The number of nitrogens with zero attached hydrogens (tertiary/aromatic N) is 1. The van der Waals surface area contributed by atoms with Crippen LogP contribution in [0.3, 0.4) is 0 Å². The van der Waals surface area contributed by atoms with Crippen LogP contribution in [0.4, 0.5) is 0 Å². The van der Waals surface area contributed by atoms with E-state index in [1.54, 1.807) is 12.1 Å². The number of aromatic nitrogens is 1. The standard InChI is InChI=1S/C10H12ClNO2/c1-3-4-14-9-7(2)5-8(6-13)12-10(9)11/h3,5,13H,1,4,6H2,2H3. The second-order valence-corrected chi connectivity index (χ2v) is 3.17. The number of halogens is 1. The van der Waals surface area contributed by atoms with E-state index in [1.165, 1.54) is 0 Å². The van der Waals surface area contributed by atoms with Crippen LogP contribution in [-0.4, -0.2) is 16.7 Å². The highest BCUT2D eigenvalue weighted by molar-refractivity contribution is 6.31. The number of pyridine rings is 1. The van der Waals surface area contributed by atoms with Gasteiger partial charge in [0.05, 0.1) is 12.3 Å². The molecule has 0 saturated carbocycles. The molecule has 0 aromatic carbocycles. The molecule has 0 unspecified atom stereocenters. The maximum atomic E-state index is 8.88. The topological polar surface area (TPSA) is 42.4 Å². The number of hydrogen-bond donors (Lipinski definition) is 1. The zero-order valence-electron chi connectivity index (χ0n) is 7.96. The lowest BCUT2D eigenvalue weighted by molar-refractivity contribution is 0.276. The van der Waals surface area contributed by atoms with Crippen LogP contribution in [0.25, 0.3) is 0 Å². The summed E-state index contributed by atoms with van der Waals surface area (Å²) in [5.41, 5.74) is 1.40. The quantitative estimate of drug-likeness (QED) is 0.615. The summed E-state index contributed by atoms with van der Waals surface area (Å²) in [5.74, 6) is 0.545. The number of aliphatic hydroxyl groups is 1. The van der Waals surface area contributed by atoms with Gasteiger partial charge >= 0.3 is 0 Å². The van der Waals surface area contributed by atoms with Gasteiger partial charge in [-0.15, -0.1) is 0 Å². The first-order chi connectivity index (χ1) is 6.69. The normalized spacial score (nSPS) is 9.93. The first kappa shape index (κ1) is 11.0. The third-order valence-electron chi connectivity index (χ3n) is 1.68. The van der Waals surface area contributed by atoms with Gasteiger partial charge in [-0.25, -0.2) is 4.98 Å². The van der Waals surface area contributed by atoms with Crippen molar-refractivity contribution in [2.45, 2.75) is 13.5 Å². The number of aryl methyl sites for hydroxylation is 1. The van der Waals surface area contributed by atoms with Crippen LogP contribution in [0.1, 0.15) is 11.3 Å². The van der Waals surface area contributed by atoms with E-state index in [9.17, 15) is 0 Å². The molecule has 0 saturated heterocycles. The third-order valence-corrected chi connectivity index (χ3v) is 1.93. The van der Waals surface area contributed by atoms with Gasteiger partial charge in [-0.05, 0) is 18.6 Å². The zero-order chi connectivity index (χ0) is 10.6. The van der Waals surface area contributed by atoms with Crippen molar-refractivity contribution in [1.82, 2.24) is 4.98 Å². The smallest absolute Gasteiger partial charge is 0.171 e. The van der Waals surface area contributed by atoms with Crippen LogP contribution >= 0.6 is 11.6 Å². The van der Waals surface area contributed by atoms with E-state index in [2.05, 4.69) is 11.6 Å². The summed E-state index contributed by atoms with van der Waals surface area (Å²) < 4.78 is 5.32. The van der Waals surface area contributed by atoms with Crippen LogP contribution in [0.2, 0.25) is 5.15 Å². The molecule has 0 amide bonds. The van der Waals surface area contributed by atoms with E-state index in [1.807, 2.05) is 6.92 Å². The monoisotopic (exact) mass is 213 g/mol. The van der Waals surface area contributed by atoms with Gasteiger partial charge in [0.15, 0.2) is 10.9 Å². The van der Waals surface area contributed by atoms with E-state index < -0.39 is 0 Å². The Hall–Kier alpha value is -1.06. The minimum Gasteiger partial charge on any atom is -0.486 e. The van der Waals surface area contributed by atoms with Crippen LogP contribution in [0, 0.1) is 6.92 Å². The van der Waals surface area contributed by atoms with Crippen molar-refractivity contribution in [3.8, 4) is 5.75 Å². The molecule has 4 heteroatoms. The Balaban J connectivity index is 2.98. The SMILES string of the molecule is C=CCOc1c(C)cc(CO)nc1Cl. The fourth-order valence-corrected chi connectivity index (χ4v) is 1.40. The Morgan fingerprint density at radius 3 is 2.93 bits per heavy atom. The third kappa shape index (κ3) is 2.47. The molecule has 1 aromatic rings. The zero-order valence-corrected chi connectivity index (χ0v) is 8.71. The summed E-state index contributed by atoms with van der Waals surface area (Å²) >= 11 is 5.87. The Labute approximate surface area is 88.0 Å². The minimum atomic E-state index is -0.123. The van der Waals surface area contributed by atoms with Crippen molar-refractivity contribution >= 4 is 11.6 Å². The molecule has 0 spiro atoms. The van der Waals surface area contributed by atoms with Gasteiger partial charge in [-0.2, -0.15) is 0 Å². The largest absolute Gasteiger partial charge is 0.486 e. The lowest BCUT2D eigenvalue weighted by atomic mass is 10.2. The maximum Gasteiger partial charge on any atom is 0.171 e. The number of rotatable bonds is 4. The predicted molar refractivity (Wildman–Crippen MR) is 55.6 cm³/mol. The number of ether oxygens (including phenoxy) is 1. The van der Waals surface area contributed by atoms with Crippen molar-refractivity contribution in [3.63, 3.8) is 0 Å². The van der Waals surface area contributed by atoms with E-state index in [4.69, 9.17) is 21.4 Å². The first-order valence-electron chi connectivity index (χ1n) is 4.19. The second-order valence-electron chi connectivity index (χ2n) is 2.81. The van der Waals surface area contributed by atoms with Crippen molar-refractivity contribution in [2.24, 2.45) is 0 Å². The van der Waals surface area contributed by atoms with Crippen LogP contribution in [0.5, 0.6) is 5.75 Å². The molecular formula is C10H12ClNO2. The van der Waals surface area contributed by atoms with Gasteiger partial charge in [0.1, 0.15) is 6.61 Å². The molecular weight excluding hydrogens is 202 g/mol. The summed E-state index contributed by atoms with van der Waals surface area (Å²) in [6.07, 6.45) is 1.63. The van der Waals surface area contributed by atoms with Crippen molar-refractivity contribution in [3.05, 3.63) is 35.1 Å². The lowest BCUT2D eigenvalue weighted by Crippen LogP contribution is -2.00. The van der Waals surface area contributed by atoms with Crippen LogP contribution in [-0.2, 0) is 6.61 Å². The van der Waals surface area contributed by atoms with E-state index in [-0.39, 0.29) is 11.8 Å². The molecule has 14 heavy (non-hydrogen) atoms. The van der Waals surface area contributed by atoms with Crippen molar-refractivity contribution in [2.75, 3.05) is 6.61 Å². The molecule has 1 N–H and O–H groups in total. The fraction of sp³-hybridized carbons (Fsp3) is 0.300. The molecule has 0 atom stereocenters. The molecule has 3 nitrogen and oxygen atoms in total. The Bertz CT molecular complexity index is 316.